The smallest absolute Gasteiger partial charge is 0.190 e. The number of methoxy groups -OCH3 is 2. The zero-order valence-electron chi connectivity index (χ0n) is 10.2. The summed E-state index contributed by atoms with van der Waals surface area (Å²) in [5, 5.41) is 0. The number of ether oxygens (including phenoxy) is 2. The minimum absolute atomic E-state index is 0.0254. The van der Waals surface area contributed by atoms with Crippen molar-refractivity contribution in [2.75, 3.05) is 14.2 Å². The molecule has 0 N–H and O–H groups in total. The number of carbonyl (C=O) groups excluding carboxylic acids is 1. The summed E-state index contributed by atoms with van der Waals surface area (Å²) >= 11 is 0. The molecule has 90 valence electrons. The van der Waals surface area contributed by atoms with Crippen LogP contribution in [0.1, 0.15) is 11.1 Å². The first-order chi connectivity index (χ1) is 8.74. The Kier molecular flexibility index (Phi) is 2.33. The molecule has 0 spiro atoms. The molecule has 18 heavy (non-hydrogen) atoms. The summed E-state index contributed by atoms with van der Waals surface area (Å²) in [5.41, 5.74) is 3.56. The van der Waals surface area contributed by atoms with E-state index in [0.29, 0.717) is 11.3 Å². The third-order valence-corrected chi connectivity index (χ3v) is 3.20. The van der Waals surface area contributed by atoms with Crippen molar-refractivity contribution in [3.05, 3.63) is 52.8 Å². The van der Waals surface area contributed by atoms with Gasteiger partial charge in [-0.15, -0.1) is 0 Å². The van der Waals surface area contributed by atoms with Gasteiger partial charge in [0.05, 0.1) is 14.2 Å². The third kappa shape index (κ3) is 1.40. The number of fused-ring (bicyclic) bond motifs is 3. The first kappa shape index (κ1) is 10.8. The zero-order valence-corrected chi connectivity index (χ0v) is 10.2. The lowest BCUT2D eigenvalue weighted by Crippen LogP contribution is -2.06. The van der Waals surface area contributed by atoms with Crippen molar-refractivity contribution in [2.24, 2.45) is 0 Å². The lowest BCUT2D eigenvalue weighted by atomic mass is 9.95. The van der Waals surface area contributed by atoms with Crippen LogP contribution in [0.2, 0.25) is 0 Å². The Hall–Kier alpha value is -2.29. The average Bonchev–Trinajstić information content (AvgIpc) is 2.77. The van der Waals surface area contributed by atoms with Crippen LogP contribution in [0.3, 0.4) is 0 Å². The summed E-state index contributed by atoms with van der Waals surface area (Å²) in [5.74, 6) is 1.32. The molecule has 0 saturated heterocycles. The van der Waals surface area contributed by atoms with Gasteiger partial charge in [0, 0.05) is 22.8 Å². The monoisotopic (exact) mass is 240 g/mol. The maximum absolute atomic E-state index is 12.0. The average molecular weight is 240 g/mol. The van der Waals surface area contributed by atoms with E-state index in [4.69, 9.17) is 9.47 Å². The molecule has 0 atom stereocenters. The van der Waals surface area contributed by atoms with Crippen LogP contribution in [0.15, 0.2) is 41.7 Å². The van der Waals surface area contributed by atoms with Crippen LogP contribution in [0.25, 0.3) is 11.6 Å². The van der Waals surface area contributed by atoms with Gasteiger partial charge in [-0.1, -0.05) is 12.1 Å². The van der Waals surface area contributed by atoms with Gasteiger partial charge in [0.25, 0.3) is 0 Å². The van der Waals surface area contributed by atoms with E-state index in [0.717, 1.165) is 22.4 Å². The minimum Gasteiger partial charge on any atom is -0.497 e. The predicted molar refractivity (Wildman–Crippen MR) is 69.0 cm³/mol. The largest absolute Gasteiger partial charge is 0.497 e. The molecule has 3 heteroatoms. The van der Waals surface area contributed by atoms with E-state index < -0.39 is 0 Å². The molecule has 3 nitrogen and oxygen atoms in total. The number of hydrogen-bond acceptors (Lipinski definition) is 3. The van der Waals surface area contributed by atoms with E-state index in [1.54, 1.807) is 14.2 Å². The van der Waals surface area contributed by atoms with Gasteiger partial charge in [-0.3, -0.25) is 4.79 Å². The van der Waals surface area contributed by atoms with Gasteiger partial charge in [-0.25, -0.2) is 0 Å². The molecule has 0 unspecified atom stereocenters. The van der Waals surface area contributed by atoms with E-state index in [1.165, 1.54) is 6.08 Å². The highest BCUT2D eigenvalue weighted by atomic mass is 16.5. The fourth-order valence-electron chi connectivity index (χ4n) is 2.36. The Bertz CT molecular complexity index is 633. The minimum atomic E-state index is -0.0254. The summed E-state index contributed by atoms with van der Waals surface area (Å²) in [4.78, 5) is 12.0. The van der Waals surface area contributed by atoms with Gasteiger partial charge in [0.1, 0.15) is 11.5 Å². The zero-order chi connectivity index (χ0) is 12.7. The van der Waals surface area contributed by atoms with Crippen molar-refractivity contribution >= 4 is 17.4 Å². The van der Waals surface area contributed by atoms with E-state index in [9.17, 15) is 4.79 Å². The first-order valence-electron chi connectivity index (χ1n) is 5.65. The highest BCUT2D eigenvalue weighted by Crippen LogP contribution is 2.43. The molecule has 0 saturated carbocycles. The Morgan fingerprint density at radius 3 is 2.50 bits per heavy atom. The van der Waals surface area contributed by atoms with Gasteiger partial charge in [0.15, 0.2) is 5.78 Å². The number of allylic oxidation sites excluding steroid dienone is 4. The quantitative estimate of drug-likeness (QED) is 0.797. The molecule has 2 aliphatic rings. The fourth-order valence-corrected chi connectivity index (χ4v) is 2.36. The Morgan fingerprint density at radius 2 is 1.78 bits per heavy atom. The van der Waals surface area contributed by atoms with Crippen LogP contribution in [-0.4, -0.2) is 20.0 Å². The molecule has 0 amide bonds. The molecule has 0 fully saturated rings. The van der Waals surface area contributed by atoms with Crippen LogP contribution in [-0.2, 0) is 9.53 Å². The van der Waals surface area contributed by atoms with Gasteiger partial charge >= 0.3 is 0 Å². The van der Waals surface area contributed by atoms with Crippen molar-refractivity contribution in [1.82, 2.24) is 0 Å². The van der Waals surface area contributed by atoms with Crippen LogP contribution < -0.4 is 4.74 Å². The number of hydrogen-bond donors (Lipinski definition) is 0. The lowest BCUT2D eigenvalue weighted by Gasteiger charge is -2.14. The number of rotatable bonds is 2. The van der Waals surface area contributed by atoms with Crippen LogP contribution in [0.4, 0.5) is 0 Å². The molecular formula is C15H12O3. The van der Waals surface area contributed by atoms with E-state index >= 15 is 0 Å². The van der Waals surface area contributed by atoms with E-state index in [1.807, 2.05) is 30.4 Å². The Labute approximate surface area is 105 Å². The number of carbonyl (C=O) groups is 1. The summed E-state index contributed by atoms with van der Waals surface area (Å²) in [7, 11) is 3.19. The molecule has 2 aliphatic carbocycles. The Morgan fingerprint density at radius 1 is 0.944 bits per heavy atom. The highest BCUT2D eigenvalue weighted by Gasteiger charge is 2.29. The fraction of sp³-hybridized carbons (Fsp3) is 0.133. The Balaban J connectivity index is 2.23. The summed E-state index contributed by atoms with van der Waals surface area (Å²) in [6.07, 6.45) is 5.28. The van der Waals surface area contributed by atoms with Crippen LogP contribution in [0.5, 0.6) is 5.75 Å². The normalized spacial score (nSPS) is 16.3. The van der Waals surface area contributed by atoms with Crippen molar-refractivity contribution in [2.45, 2.75) is 0 Å². The highest BCUT2D eigenvalue weighted by molar-refractivity contribution is 6.24. The third-order valence-electron chi connectivity index (χ3n) is 3.20. The number of benzene rings is 1. The van der Waals surface area contributed by atoms with Crippen LogP contribution >= 0.6 is 0 Å². The molecule has 3 rings (SSSR count). The van der Waals surface area contributed by atoms with Gasteiger partial charge < -0.3 is 9.47 Å². The van der Waals surface area contributed by atoms with Crippen LogP contribution in [0, 0.1) is 0 Å². The molecular weight excluding hydrogens is 228 g/mol. The van der Waals surface area contributed by atoms with Gasteiger partial charge in [-0.05, 0) is 23.8 Å². The molecule has 0 radical (unpaired) electrons. The van der Waals surface area contributed by atoms with Crippen molar-refractivity contribution in [1.29, 1.82) is 0 Å². The molecule has 0 aliphatic heterocycles. The lowest BCUT2D eigenvalue weighted by molar-refractivity contribution is -0.111. The maximum atomic E-state index is 12.0. The topological polar surface area (TPSA) is 35.5 Å². The summed E-state index contributed by atoms with van der Waals surface area (Å²) in [6, 6.07) is 5.79. The van der Waals surface area contributed by atoms with Crippen molar-refractivity contribution in [3.63, 3.8) is 0 Å². The van der Waals surface area contributed by atoms with Crippen molar-refractivity contribution in [3.8, 4) is 5.75 Å². The molecule has 0 heterocycles. The van der Waals surface area contributed by atoms with Gasteiger partial charge in [0.2, 0.25) is 0 Å². The second-order valence-electron chi connectivity index (χ2n) is 4.16. The molecule has 1 aromatic rings. The molecule has 0 aromatic heterocycles. The second-order valence-corrected chi connectivity index (χ2v) is 4.16. The van der Waals surface area contributed by atoms with E-state index in [-0.39, 0.29) is 5.78 Å². The summed E-state index contributed by atoms with van der Waals surface area (Å²) < 4.78 is 10.5. The second kappa shape index (κ2) is 3.88. The number of ketones is 1. The molecule has 0 bridgehead atoms. The standard InChI is InChI=1S/C15H12O3/c1-17-10-7-12-11(13(16)8-10)6-9-4-3-5-14(18-2)15(9)12/h3-8H,1-2H3. The maximum Gasteiger partial charge on any atom is 0.190 e. The van der Waals surface area contributed by atoms with Gasteiger partial charge in [-0.2, -0.15) is 0 Å². The summed E-state index contributed by atoms with van der Waals surface area (Å²) in [6.45, 7) is 0. The molecule has 1 aromatic carbocycles. The van der Waals surface area contributed by atoms with E-state index in [2.05, 4.69) is 0 Å². The first-order valence-corrected chi connectivity index (χ1v) is 5.65. The SMILES string of the molecule is COC1=CC(=O)C2=Cc3cccc(OC)c3C2=C1. The van der Waals surface area contributed by atoms with Crippen molar-refractivity contribution < 1.29 is 14.3 Å². The predicted octanol–water partition coefficient (Wildman–Crippen LogP) is 2.59.